The number of oxazole rings is 1. The normalized spacial score (nSPS) is 11.7. The SMILES string of the molecule is COCCNc1nc2ccc(OC/C(=C\F)CN)cc2o1.Cc1ccc(S(=O)(=O)O)cc1. The lowest BCUT2D eigenvalue weighted by atomic mass is 10.2. The monoisotopic (exact) mass is 467 g/mol. The Balaban J connectivity index is 0.000000278. The molecule has 0 aliphatic heterocycles. The van der Waals surface area contributed by atoms with Gasteiger partial charge in [0.05, 0.1) is 17.8 Å². The van der Waals surface area contributed by atoms with E-state index in [1.165, 1.54) is 12.1 Å². The van der Waals surface area contributed by atoms with Crippen LogP contribution in [0.5, 0.6) is 5.75 Å². The van der Waals surface area contributed by atoms with Crippen LogP contribution >= 0.6 is 0 Å². The zero-order valence-electron chi connectivity index (χ0n) is 17.7. The minimum absolute atomic E-state index is 0.0666. The van der Waals surface area contributed by atoms with Gasteiger partial charge in [-0.2, -0.15) is 13.4 Å². The topological polar surface area (TPSA) is 137 Å². The molecule has 0 saturated carbocycles. The van der Waals surface area contributed by atoms with E-state index in [0.29, 0.717) is 47.9 Å². The van der Waals surface area contributed by atoms with Crippen LogP contribution in [0.3, 0.4) is 0 Å². The molecular formula is C21H26FN3O6S. The van der Waals surface area contributed by atoms with E-state index in [4.69, 9.17) is 24.2 Å². The van der Waals surface area contributed by atoms with Crippen LogP contribution in [0.4, 0.5) is 10.4 Å². The summed E-state index contributed by atoms with van der Waals surface area (Å²) >= 11 is 0. The second kappa shape index (κ2) is 12.2. The smallest absolute Gasteiger partial charge is 0.295 e. The Morgan fingerprint density at radius 1 is 1.28 bits per heavy atom. The number of aromatic nitrogens is 1. The Morgan fingerprint density at radius 3 is 2.59 bits per heavy atom. The van der Waals surface area contributed by atoms with Crippen LogP contribution in [0.1, 0.15) is 5.56 Å². The third-order valence-electron chi connectivity index (χ3n) is 4.10. The van der Waals surface area contributed by atoms with Gasteiger partial charge in [-0.25, -0.2) is 4.39 Å². The summed E-state index contributed by atoms with van der Waals surface area (Å²) in [6.07, 6.45) is 0.463. The number of hydrogen-bond donors (Lipinski definition) is 3. The van der Waals surface area contributed by atoms with Crippen molar-refractivity contribution in [2.75, 3.05) is 38.7 Å². The molecule has 0 aliphatic carbocycles. The quantitative estimate of drug-likeness (QED) is 0.320. The molecule has 4 N–H and O–H groups in total. The lowest BCUT2D eigenvalue weighted by Gasteiger charge is -2.06. The zero-order valence-corrected chi connectivity index (χ0v) is 18.6. The molecule has 0 saturated heterocycles. The summed E-state index contributed by atoms with van der Waals surface area (Å²) in [5, 5.41) is 3.00. The summed E-state index contributed by atoms with van der Waals surface area (Å²) in [5.41, 5.74) is 8.00. The van der Waals surface area contributed by atoms with Crippen molar-refractivity contribution in [3.8, 4) is 5.75 Å². The third-order valence-corrected chi connectivity index (χ3v) is 4.97. The fourth-order valence-electron chi connectivity index (χ4n) is 2.35. The number of fused-ring (bicyclic) bond motifs is 1. The van der Waals surface area contributed by atoms with E-state index in [1.807, 2.05) is 6.92 Å². The molecule has 1 heterocycles. The largest absolute Gasteiger partial charge is 0.489 e. The number of anilines is 1. The minimum atomic E-state index is -4.02. The van der Waals surface area contributed by atoms with E-state index in [9.17, 15) is 12.8 Å². The molecule has 0 radical (unpaired) electrons. The lowest BCUT2D eigenvalue weighted by Crippen LogP contribution is -2.10. The van der Waals surface area contributed by atoms with E-state index >= 15 is 0 Å². The van der Waals surface area contributed by atoms with Crippen molar-refractivity contribution < 1.29 is 31.3 Å². The van der Waals surface area contributed by atoms with Crippen LogP contribution in [0.2, 0.25) is 0 Å². The number of hydrogen-bond acceptors (Lipinski definition) is 8. The number of rotatable bonds is 9. The highest BCUT2D eigenvalue weighted by Gasteiger charge is 2.08. The summed E-state index contributed by atoms with van der Waals surface area (Å²) in [5.74, 6) is 0.565. The molecule has 1 aromatic heterocycles. The number of methoxy groups -OCH3 is 1. The summed E-state index contributed by atoms with van der Waals surface area (Å²) in [7, 11) is -2.40. The van der Waals surface area contributed by atoms with Gasteiger partial charge >= 0.3 is 0 Å². The van der Waals surface area contributed by atoms with Gasteiger partial charge < -0.3 is 24.9 Å². The summed E-state index contributed by atoms with van der Waals surface area (Å²) in [4.78, 5) is 4.21. The summed E-state index contributed by atoms with van der Waals surface area (Å²) in [6, 6.07) is 11.6. The Morgan fingerprint density at radius 2 is 2.00 bits per heavy atom. The van der Waals surface area contributed by atoms with Crippen molar-refractivity contribution in [3.63, 3.8) is 0 Å². The molecule has 0 bridgehead atoms. The van der Waals surface area contributed by atoms with Gasteiger partial charge in [-0.15, -0.1) is 0 Å². The Kier molecular flexibility index (Phi) is 9.60. The van der Waals surface area contributed by atoms with Gasteiger partial charge in [0.25, 0.3) is 16.1 Å². The van der Waals surface area contributed by atoms with E-state index < -0.39 is 10.1 Å². The minimum Gasteiger partial charge on any atom is -0.489 e. The maximum Gasteiger partial charge on any atom is 0.295 e. The van der Waals surface area contributed by atoms with Crippen molar-refractivity contribution in [1.29, 1.82) is 0 Å². The average molecular weight is 468 g/mol. The standard InChI is InChI=1S/C14H18FN3O3.C7H8O3S/c1-19-5-4-17-14-18-12-3-2-11(6-13(12)21-14)20-9-10(7-15)8-16;1-6-2-4-7(5-3-6)11(8,9)10/h2-3,6-7H,4-5,8-9,16H2,1H3,(H,17,18);2-5H,1H3,(H,8,9,10)/b10-7-;. The molecule has 0 spiro atoms. The molecule has 3 aromatic rings. The van der Waals surface area contributed by atoms with Crippen LogP contribution in [0.25, 0.3) is 11.1 Å². The van der Waals surface area contributed by atoms with Crippen molar-refractivity contribution in [2.24, 2.45) is 5.73 Å². The second-order valence-corrected chi connectivity index (χ2v) is 8.04. The van der Waals surface area contributed by atoms with Gasteiger partial charge in [0.15, 0.2) is 5.58 Å². The molecule has 2 aromatic carbocycles. The van der Waals surface area contributed by atoms with Gasteiger partial charge in [0, 0.05) is 31.8 Å². The first-order chi connectivity index (χ1) is 15.3. The van der Waals surface area contributed by atoms with Crippen LogP contribution in [0, 0.1) is 6.92 Å². The number of halogens is 1. The molecule has 0 amide bonds. The molecule has 0 atom stereocenters. The highest BCUT2D eigenvalue weighted by molar-refractivity contribution is 7.85. The van der Waals surface area contributed by atoms with Gasteiger partial charge in [-0.05, 0) is 31.2 Å². The summed E-state index contributed by atoms with van der Waals surface area (Å²) in [6.45, 7) is 3.23. The first-order valence-electron chi connectivity index (χ1n) is 9.55. The highest BCUT2D eigenvalue weighted by Crippen LogP contribution is 2.24. The number of nitrogens with zero attached hydrogens (tertiary/aromatic N) is 1. The van der Waals surface area contributed by atoms with Crippen molar-refractivity contribution >= 4 is 27.2 Å². The average Bonchev–Trinajstić information content (AvgIpc) is 3.17. The Labute approximate surface area is 185 Å². The third kappa shape index (κ3) is 7.93. The van der Waals surface area contributed by atoms with Crippen LogP contribution in [-0.2, 0) is 14.9 Å². The molecule has 3 rings (SSSR count). The van der Waals surface area contributed by atoms with Crippen LogP contribution < -0.4 is 15.8 Å². The van der Waals surface area contributed by atoms with E-state index in [-0.39, 0.29) is 18.0 Å². The number of ether oxygens (including phenoxy) is 2. The lowest BCUT2D eigenvalue weighted by molar-refractivity contribution is 0.210. The van der Waals surface area contributed by atoms with Crippen molar-refractivity contribution in [3.05, 3.63) is 59.9 Å². The van der Waals surface area contributed by atoms with E-state index in [1.54, 1.807) is 37.4 Å². The molecule has 0 aliphatic rings. The van der Waals surface area contributed by atoms with Crippen molar-refractivity contribution in [2.45, 2.75) is 11.8 Å². The number of aryl methyl sites for hydroxylation is 1. The first-order valence-corrected chi connectivity index (χ1v) is 11.0. The van der Waals surface area contributed by atoms with Gasteiger partial charge in [-0.1, -0.05) is 17.7 Å². The molecule has 11 heteroatoms. The predicted molar refractivity (Wildman–Crippen MR) is 119 cm³/mol. The second-order valence-electron chi connectivity index (χ2n) is 6.62. The molecular weight excluding hydrogens is 441 g/mol. The number of nitrogens with one attached hydrogen (secondary N) is 1. The van der Waals surface area contributed by atoms with Crippen molar-refractivity contribution in [1.82, 2.24) is 4.98 Å². The highest BCUT2D eigenvalue weighted by atomic mass is 32.2. The molecule has 32 heavy (non-hydrogen) atoms. The molecule has 174 valence electrons. The maximum absolute atomic E-state index is 12.4. The first kappa shape index (κ1) is 25.3. The predicted octanol–water partition coefficient (Wildman–Crippen LogP) is 3.32. The molecule has 0 unspecified atom stereocenters. The van der Waals surface area contributed by atoms with Crippen LogP contribution in [0.15, 0.2) is 63.7 Å². The number of nitrogens with two attached hydrogens (primary N) is 1. The molecule has 9 nitrogen and oxygen atoms in total. The fourth-order valence-corrected chi connectivity index (χ4v) is 2.83. The maximum atomic E-state index is 12.4. The van der Waals surface area contributed by atoms with Gasteiger partial charge in [0.1, 0.15) is 17.9 Å². The molecule has 0 fully saturated rings. The zero-order chi connectivity index (χ0) is 23.6. The van der Waals surface area contributed by atoms with Crippen LogP contribution in [-0.4, -0.2) is 51.4 Å². The summed E-state index contributed by atoms with van der Waals surface area (Å²) < 4.78 is 57.9. The van der Waals surface area contributed by atoms with Gasteiger partial charge in [-0.3, -0.25) is 4.55 Å². The van der Waals surface area contributed by atoms with E-state index in [0.717, 1.165) is 5.56 Å². The Hall–Kier alpha value is -2.99. The van der Waals surface area contributed by atoms with E-state index in [2.05, 4.69) is 10.3 Å². The number of benzene rings is 2. The fraction of sp³-hybridized carbons (Fsp3) is 0.286. The Bertz CT molecular complexity index is 1130. The van der Waals surface area contributed by atoms with Gasteiger partial charge in [0.2, 0.25) is 0 Å².